The molecule has 1 aliphatic heterocycles. The molecule has 42 heavy (non-hydrogen) atoms. The molecule has 0 spiro atoms. The molecule has 0 saturated carbocycles. The van der Waals surface area contributed by atoms with Crippen LogP contribution in [0.3, 0.4) is 0 Å². The normalized spacial score (nSPS) is 13.5. The molecule has 0 radical (unpaired) electrons. The molecule has 0 fully saturated rings. The third-order valence-corrected chi connectivity index (χ3v) is 8.72. The van der Waals surface area contributed by atoms with E-state index in [-0.39, 0.29) is 30.5 Å². The first-order chi connectivity index (χ1) is 20.1. The fourth-order valence-electron chi connectivity index (χ4n) is 5.39. The third kappa shape index (κ3) is 5.19. The number of halogens is 2. The number of fused-ring (bicyclic) bond motifs is 2. The molecule has 216 valence electrons. The molecule has 9 nitrogen and oxygen atoms in total. The Kier molecular flexibility index (Phi) is 7.11. The summed E-state index contributed by atoms with van der Waals surface area (Å²) in [4.78, 5) is 19.9. The molecule has 2 aromatic carbocycles. The SMILES string of the molecule is Cc1ccc(S(=O)(=O)OCCn2ccc3c(C(=O)N4CCc5c(nn(C)c5-c5cc(F)cc(F)c5)C4)ccnc32)cc1. The molecule has 0 saturated heterocycles. The van der Waals surface area contributed by atoms with E-state index in [1.54, 1.807) is 57.9 Å². The molecule has 3 aromatic heterocycles. The second-order valence-corrected chi connectivity index (χ2v) is 11.8. The number of rotatable bonds is 7. The van der Waals surface area contributed by atoms with Crippen molar-refractivity contribution in [2.24, 2.45) is 7.05 Å². The van der Waals surface area contributed by atoms with E-state index >= 15 is 0 Å². The molecule has 1 aliphatic rings. The molecule has 0 unspecified atom stereocenters. The molecule has 5 aromatic rings. The lowest BCUT2D eigenvalue weighted by Crippen LogP contribution is -2.36. The van der Waals surface area contributed by atoms with Gasteiger partial charge in [0.1, 0.15) is 17.3 Å². The zero-order valence-electron chi connectivity index (χ0n) is 22.9. The first-order valence-corrected chi connectivity index (χ1v) is 14.7. The van der Waals surface area contributed by atoms with Gasteiger partial charge in [-0.25, -0.2) is 13.8 Å². The molecule has 0 N–H and O–H groups in total. The van der Waals surface area contributed by atoms with E-state index in [1.807, 2.05) is 6.92 Å². The Morgan fingerprint density at radius 3 is 2.52 bits per heavy atom. The molecule has 0 bridgehead atoms. The van der Waals surface area contributed by atoms with Gasteiger partial charge in [0.25, 0.3) is 16.0 Å². The van der Waals surface area contributed by atoms with Gasteiger partial charge in [0.15, 0.2) is 0 Å². The van der Waals surface area contributed by atoms with Crippen molar-refractivity contribution in [3.8, 4) is 11.3 Å². The van der Waals surface area contributed by atoms with Gasteiger partial charge >= 0.3 is 0 Å². The summed E-state index contributed by atoms with van der Waals surface area (Å²) in [6.45, 7) is 2.62. The van der Waals surface area contributed by atoms with Crippen LogP contribution in [0.4, 0.5) is 8.78 Å². The topological polar surface area (TPSA) is 99.3 Å². The van der Waals surface area contributed by atoms with Crippen molar-refractivity contribution in [2.75, 3.05) is 13.2 Å². The van der Waals surface area contributed by atoms with E-state index < -0.39 is 21.8 Å². The van der Waals surface area contributed by atoms with Gasteiger partial charge in [0.2, 0.25) is 0 Å². The second-order valence-electron chi connectivity index (χ2n) is 10.2. The Balaban J connectivity index is 1.19. The number of carbonyl (C=O) groups is 1. The molecule has 1 amide bonds. The Morgan fingerprint density at radius 1 is 1.05 bits per heavy atom. The molecule has 0 aliphatic carbocycles. The van der Waals surface area contributed by atoms with E-state index in [0.29, 0.717) is 46.5 Å². The van der Waals surface area contributed by atoms with E-state index in [4.69, 9.17) is 4.18 Å². The average molecular weight is 592 g/mol. The number of hydrogen-bond acceptors (Lipinski definition) is 6. The van der Waals surface area contributed by atoms with Gasteiger partial charge in [0, 0.05) is 55.1 Å². The van der Waals surface area contributed by atoms with E-state index in [1.165, 1.54) is 24.3 Å². The maximum atomic E-state index is 13.9. The second kappa shape index (κ2) is 10.8. The van der Waals surface area contributed by atoms with Gasteiger partial charge in [0.05, 0.1) is 35.0 Å². The van der Waals surface area contributed by atoms with Crippen LogP contribution >= 0.6 is 0 Å². The zero-order chi connectivity index (χ0) is 29.6. The largest absolute Gasteiger partial charge is 0.332 e. The lowest BCUT2D eigenvalue weighted by Gasteiger charge is -2.27. The van der Waals surface area contributed by atoms with Crippen LogP contribution in [0.25, 0.3) is 22.3 Å². The molecular weight excluding hydrogens is 564 g/mol. The Bertz CT molecular complexity index is 1910. The van der Waals surface area contributed by atoms with Gasteiger partial charge in [-0.3, -0.25) is 13.7 Å². The molecule has 0 atom stereocenters. The van der Waals surface area contributed by atoms with Crippen molar-refractivity contribution < 1.29 is 26.2 Å². The smallest absolute Gasteiger partial charge is 0.297 e. The highest BCUT2D eigenvalue weighted by molar-refractivity contribution is 7.86. The highest BCUT2D eigenvalue weighted by Gasteiger charge is 2.29. The van der Waals surface area contributed by atoms with Crippen molar-refractivity contribution in [3.63, 3.8) is 0 Å². The fraction of sp³-hybridized carbons (Fsp3) is 0.233. The maximum absolute atomic E-state index is 13.9. The monoisotopic (exact) mass is 591 g/mol. The highest BCUT2D eigenvalue weighted by atomic mass is 32.2. The number of amides is 1. The Hall–Kier alpha value is -4.42. The molecule has 6 rings (SSSR count). The number of hydrogen-bond donors (Lipinski definition) is 0. The molecular formula is C30H27F2N5O4S. The van der Waals surface area contributed by atoms with Crippen LogP contribution in [-0.4, -0.2) is 51.7 Å². The predicted octanol–water partition coefficient (Wildman–Crippen LogP) is 4.63. The van der Waals surface area contributed by atoms with Crippen LogP contribution in [0.5, 0.6) is 0 Å². The van der Waals surface area contributed by atoms with Gasteiger partial charge in [-0.05, 0) is 49.7 Å². The highest BCUT2D eigenvalue weighted by Crippen LogP contribution is 2.32. The summed E-state index contributed by atoms with van der Waals surface area (Å²) in [5.41, 5.74) is 4.49. The van der Waals surface area contributed by atoms with Gasteiger partial charge in [-0.1, -0.05) is 17.7 Å². The van der Waals surface area contributed by atoms with Crippen LogP contribution in [0.2, 0.25) is 0 Å². The minimum atomic E-state index is -3.91. The molecule has 4 heterocycles. The Morgan fingerprint density at radius 2 is 1.79 bits per heavy atom. The number of benzene rings is 2. The maximum Gasteiger partial charge on any atom is 0.297 e. The van der Waals surface area contributed by atoms with Gasteiger partial charge in [-0.15, -0.1) is 0 Å². The number of carbonyl (C=O) groups excluding carboxylic acids is 1. The summed E-state index contributed by atoms with van der Waals surface area (Å²) in [5, 5.41) is 5.19. The summed E-state index contributed by atoms with van der Waals surface area (Å²) in [6, 6.07) is 13.2. The molecule has 12 heteroatoms. The summed E-state index contributed by atoms with van der Waals surface area (Å²) in [6.07, 6.45) is 3.76. The number of aryl methyl sites for hydroxylation is 2. The van der Waals surface area contributed by atoms with Crippen molar-refractivity contribution in [2.45, 2.75) is 31.3 Å². The standard InChI is InChI=1S/C30H27F2N5O4S/c1-19-3-5-23(6-4-19)42(39,40)41-14-13-36-11-8-24-25(7-10-33-29(24)36)30(38)37-12-9-26-27(18-37)34-35(2)28(26)20-15-21(31)17-22(32)16-20/h3-8,10-11,15-17H,9,12-14,18H2,1-2H3. The van der Waals surface area contributed by atoms with Gasteiger partial charge in [-0.2, -0.15) is 13.5 Å². The van der Waals surface area contributed by atoms with Crippen molar-refractivity contribution in [1.29, 1.82) is 0 Å². The van der Waals surface area contributed by atoms with Crippen molar-refractivity contribution in [3.05, 3.63) is 101 Å². The van der Waals surface area contributed by atoms with Crippen LogP contribution in [0.1, 0.15) is 27.2 Å². The zero-order valence-corrected chi connectivity index (χ0v) is 23.7. The minimum Gasteiger partial charge on any atom is -0.332 e. The predicted molar refractivity (Wildman–Crippen MR) is 151 cm³/mol. The first-order valence-electron chi connectivity index (χ1n) is 13.3. The van der Waals surface area contributed by atoms with Gasteiger partial charge < -0.3 is 9.47 Å². The summed E-state index contributed by atoms with van der Waals surface area (Å²) >= 11 is 0. The van der Waals surface area contributed by atoms with Crippen molar-refractivity contribution >= 4 is 27.1 Å². The summed E-state index contributed by atoms with van der Waals surface area (Å²) < 4.78 is 61.5. The van der Waals surface area contributed by atoms with E-state index in [0.717, 1.165) is 17.2 Å². The fourth-order valence-corrected chi connectivity index (χ4v) is 6.29. The number of pyridine rings is 1. The number of nitrogens with zero attached hydrogens (tertiary/aromatic N) is 5. The number of aromatic nitrogens is 4. The van der Waals surface area contributed by atoms with Crippen LogP contribution in [0.15, 0.2) is 71.9 Å². The third-order valence-electron chi connectivity index (χ3n) is 7.40. The van der Waals surface area contributed by atoms with Crippen LogP contribution in [-0.2, 0) is 40.9 Å². The van der Waals surface area contributed by atoms with E-state index in [9.17, 15) is 22.0 Å². The van der Waals surface area contributed by atoms with E-state index in [2.05, 4.69) is 10.1 Å². The van der Waals surface area contributed by atoms with Crippen LogP contribution < -0.4 is 0 Å². The Labute approximate surface area is 241 Å². The summed E-state index contributed by atoms with van der Waals surface area (Å²) in [5.74, 6) is -1.53. The van der Waals surface area contributed by atoms with Crippen molar-refractivity contribution in [1.82, 2.24) is 24.2 Å². The lowest BCUT2D eigenvalue weighted by molar-refractivity contribution is 0.0734. The lowest BCUT2D eigenvalue weighted by atomic mass is 9.99. The summed E-state index contributed by atoms with van der Waals surface area (Å²) in [7, 11) is -2.19. The quantitative estimate of drug-likeness (QED) is 0.256. The average Bonchev–Trinajstić information content (AvgIpc) is 3.51. The minimum absolute atomic E-state index is 0.0873. The van der Waals surface area contributed by atoms with Crippen LogP contribution in [0, 0.1) is 18.6 Å². The first kappa shape index (κ1) is 27.7.